The maximum Gasteiger partial charge on any atom is 0.181 e. The molecule has 0 N–H and O–H groups in total. The summed E-state index contributed by atoms with van der Waals surface area (Å²) in [5.74, 6) is 0.926. The molecular weight excluding hydrogens is 336 g/mol. The van der Waals surface area contributed by atoms with Gasteiger partial charge in [0.05, 0.1) is 18.6 Å². The Hall–Kier alpha value is -0.670. The van der Waals surface area contributed by atoms with Crippen LogP contribution in [0.5, 0.6) is 0 Å². The van der Waals surface area contributed by atoms with Crippen molar-refractivity contribution in [2.24, 2.45) is 34.0 Å². The first-order valence-electron chi connectivity index (χ1n) is 11.3. The van der Waals surface area contributed by atoms with Gasteiger partial charge >= 0.3 is 0 Å². The Labute approximate surface area is 164 Å². The standard InChI is InChI=1S/C24H36O3/c1-16-14-26-24(27-15-16)12-8-18-17-7-11-21(2)9-5-6-10-22(21,3)19(17)13-20(25)23(18,24)4/h13,16-18H,5-12,14-15H2,1-4H3. The van der Waals surface area contributed by atoms with Crippen molar-refractivity contribution >= 4 is 5.78 Å². The molecule has 27 heavy (non-hydrogen) atoms. The molecule has 5 unspecified atom stereocenters. The lowest BCUT2D eigenvalue weighted by Gasteiger charge is -2.61. The van der Waals surface area contributed by atoms with Gasteiger partial charge in [0.15, 0.2) is 11.6 Å². The van der Waals surface area contributed by atoms with Crippen molar-refractivity contribution in [3.05, 3.63) is 11.6 Å². The van der Waals surface area contributed by atoms with Crippen LogP contribution in [0.2, 0.25) is 0 Å². The first-order valence-corrected chi connectivity index (χ1v) is 11.3. The van der Waals surface area contributed by atoms with E-state index in [9.17, 15) is 4.79 Å². The Morgan fingerprint density at radius 1 is 0.963 bits per heavy atom. The van der Waals surface area contributed by atoms with Gasteiger partial charge in [-0.1, -0.05) is 39.2 Å². The zero-order valence-corrected chi connectivity index (χ0v) is 17.6. The van der Waals surface area contributed by atoms with Crippen molar-refractivity contribution in [3.8, 4) is 0 Å². The van der Waals surface area contributed by atoms with Gasteiger partial charge in [-0.25, -0.2) is 0 Å². The molecule has 0 amide bonds. The summed E-state index contributed by atoms with van der Waals surface area (Å²) >= 11 is 0. The number of ketones is 1. The minimum absolute atomic E-state index is 0.198. The lowest BCUT2D eigenvalue weighted by atomic mass is 9.44. The van der Waals surface area contributed by atoms with E-state index in [4.69, 9.17) is 9.47 Å². The molecule has 0 aromatic carbocycles. The van der Waals surface area contributed by atoms with Crippen molar-refractivity contribution in [2.75, 3.05) is 13.2 Å². The Morgan fingerprint density at radius 3 is 2.41 bits per heavy atom. The Kier molecular flexibility index (Phi) is 3.87. The lowest BCUT2D eigenvalue weighted by molar-refractivity contribution is -0.318. The minimum Gasteiger partial charge on any atom is -0.349 e. The van der Waals surface area contributed by atoms with Crippen LogP contribution < -0.4 is 0 Å². The van der Waals surface area contributed by atoms with Crippen LogP contribution >= 0.6 is 0 Å². The van der Waals surface area contributed by atoms with Gasteiger partial charge in [-0.15, -0.1) is 0 Å². The van der Waals surface area contributed by atoms with Gasteiger partial charge in [-0.3, -0.25) is 4.79 Å². The highest BCUT2D eigenvalue weighted by Crippen LogP contribution is 2.69. The topological polar surface area (TPSA) is 35.5 Å². The monoisotopic (exact) mass is 372 g/mol. The summed E-state index contributed by atoms with van der Waals surface area (Å²) in [6, 6.07) is 0. The second-order valence-corrected chi connectivity index (χ2v) is 11.0. The molecule has 1 aliphatic heterocycles. The molecule has 150 valence electrons. The van der Waals surface area contributed by atoms with E-state index in [1.165, 1.54) is 44.1 Å². The number of ether oxygens (including phenoxy) is 2. The third-order valence-corrected chi connectivity index (χ3v) is 9.83. The van der Waals surface area contributed by atoms with E-state index in [-0.39, 0.29) is 11.2 Å². The first-order chi connectivity index (χ1) is 12.8. The third-order valence-electron chi connectivity index (χ3n) is 9.83. The number of allylic oxidation sites excluding steroid dienone is 2. The molecule has 5 aliphatic rings. The lowest BCUT2D eigenvalue weighted by Crippen LogP contribution is -2.61. The summed E-state index contributed by atoms with van der Waals surface area (Å²) in [6.45, 7) is 10.7. The van der Waals surface area contributed by atoms with Crippen molar-refractivity contribution in [1.29, 1.82) is 0 Å². The predicted octanol–water partition coefficient (Wildman–Crippen LogP) is 5.29. The highest BCUT2D eigenvalue weighted by atomic mass is 16.7. The maximum absolute atomic E-state index is 13.7. The van der Waals surface area contributed by atoms with Gasteiger partial charge in [-0.05, 0) is 67.8 Å². The largest absolute Gasteiger partial charge is 0.349 e. The maximum atomic E-state index is 13.7. The minimum atomic E-state index is -0.683. The number of rotatable bonds is 0. The molecule has 1 heterocycles. The smallest absolute Gasteiger partial charge is 0.181 e. The normalized spacial score (nSPS) is 54.9. The molecule has 0 aromatic heterocycles. The van der Waals surface area contributed by atoms with Crippen LogP contribution in [-0.2, 0) is 14.3 Å². The molecule has 5 rings (SSSR count). The molecule has 0 radical (unpaired) electrons. The number of carbonyl (C=O) groups is 1. The molecule has 4 aliphatic carbocycles. The molecule has 3 saturated carbocycles. The predicted molar refractivity (Wildman–Crippen MR) is 105 cm³/mol. The summed E-state index contributed by atoms with van der Waals surface area (Å²) in [6.07, 6.45) is 11.8. The molecular formula is C24H36O3. The van der Waals surface area contributed by atoms with Gasteiger partial charge in [0.1, 0.15) is 0 Å². The molecule has 4 fully saturated rings. The summed E-state index contributed by atoms with van der Waals surface area (Å²) in [4.78, 5) is 13.7. The summed E-state index contributed by atoms with van der Waals surface area (Å²) in [5, 5.41) is 0. The van der Waals surface area contributed by atoms with E-state index in [1.807, 2.05) is 0 Å². The molecule has 5 atom stereocenters. The molecule has 1 spiro atoms. The number of fused-ring (bicyclic) bond motifs is 6. The van der Waals surface area contributed by atoms with Crippen LogP contribution in [0.3, 0.4) is 0 Å². The van der Waals surface area contributed by atoms with Crippen molar-refractivity contribution in [1.82, 2.24) is 0 Å². The van der Waals surface area contributed by atoms with E-state index in [2.05, 4.69) is 33.8 Å². The van der Waals surface area contributed by atoms with Crippen LogP contribution in [0.15, 0.2) is 11.6 Å². The van der Waals surface area contributed by atoms with Crippen molar-refractivity contribution in [2.45, 2.75) is 84.8 Å². The fourth-order valence-corrected chi connectivity index (χ4v) is 7.72. The average molecular weight is 373 g/mol. The SMILES string of the molecule is CC1COC2(CCC3C4CCC5(C)CCCCC5(C)C4=CC(=O)C32C)OC1. The quantitative estimate of drug-likeness (QED) is 0.580. The van der Waals surface area contributed by atoms with Crippen molar-refractivity contribution < 1.29 is 14.3 Å². The van der Waals surface area contributed by atoms with Crippen molar-refractivity contribution in [3.63, 3.8) is 0 Å². The summed E-state index contributed by atoms with van der Waals surface area (Å²) in [5.41, 5.74) is 1.54. The fourth-order valence-electron chi connectivity index (χ4n) is 7.72. The van der Waals surface area contributed by atoms with E-state index in [0.717, 1.165) is 12.8 Å². The van der Waals surface area contributed by atoms with Gasteiger partial charge in [-0.2, -0.15) is 0 Å². The average Bonchev–Trinajstić information content (AvgIpc) is 2.93. The molecule has 3 nitrogen and oxygen atoms in total. The Morgan fingerprint density at radius 2 is 1.67 bits per heavy atom. The number of hydrogen-bond donors (Lipinski definition) is 0. The van der Waals surface area contributed by atoms with Gasteiger partial charge < -0.3 is 9.47 Å². The van der Waals surface area contributed by atoms with Crippen LogP contribution in [0.25, 0.3) is 0 Å². The highest BCUT2D eigenvalue weighted by Gasteiger charge is 2.69. The third kappa shape index (κ3) is 2.14. The Bertz CT molecular complexity index is 688. The molecule has 0 bridgehead atoms. The second-order valence-electron chi connectivity index (χ2n) is 11.0. The van der Waals surface area contributed by atoms with E-state index in [1.54, 1.807) is 0 Å². The van der Waals surface area contributed by atoms with E-state index in [0.29, 0.717) is 36.4 Å². The van der Waals surface area contributed by atoms with Crippen LogP contribution in [0, 0.1) is 34.0 Å². The van der Waals surface area contributed by atoms with E-state index < -0.39 is 11.2 Å². The zero-order valence-electron chi connectivity index (χ0n) is 17.6. The molecule has 3 heteroatoms. The Balaban J connectivity index is 1.57. The van der Waals surface area contributed by atoms with Crippen LogP contribution in [-0.4, -0.2) is 24.8 Å². The highest BCUT2D eigenvalue weighted by molar-refractivity contribution is 5.98. The van der Waals surface area contributed by atoms with Crippen LogP contribution in [0.1, 0.15) is 79.1 Å². The van der Waals surface area contributed by atoms with E-state index >= 15 is 0 Å². The number of hydrogen-bond acceptors (Lipinski definition) is 3. The van der Waals surface area contributed by atoms with Gasteiger partial charge in [0, 0.05) is 12.3 Å². The number of carbonyl (C=O) groups excluding carboxylic acids is 1. The molecule has 1 saturated heterocycles. The summed E-state index contributed by atoms with van der Waals surface area (Å²) < 4.78 is 12.7. The molecule has 0 aromatic rings. The second kappa shape index (κ2) is 5.69. The fraction of sp³-hybridized carbons (Fsp3) is 0.875. The summed E-state index contributed by atoms with van der Waals surface area (Å²) in [7, 11) is 0. The van der Waals surface area contributed by atoms with Crippen LogP contribution in [0.4, 0.5) is 0 Å². The van der Waals surface area contributed by atoms with Gasteiger partial charge in [0.2, 0.25) is 0 Å². The van der Waals surface area contributed by atoms with Gasteiger partial charge in [0.25, 0.3) is 0 Å². The zero-order chi connectivity index (χ0) is 19.1. The first kappa shape index (κ1) is 18.4.